The van der Waals surface area contributed by atoms with E-state index in [0.29, 0.717) is 6.61 Å². The predicted molar refractivity (Wildman–Crippen MR) is 85.9 cm³/mol. The maximum atomic E-state index is 11.0. The van der Waals surface area contributed by atoms with Crippen LogP contribution in [0.1, 0.15) is 6.92 Å². The second kappa shape index (κ2) is 6.33. The standard InChI is InChI=1S/C14H14BrClO3S/c1-10(9-20(16,17)18)8-19-14-5-3-11-6-13(15)4-2-12(11)7-14/h2-7,10H,8-9H2,1H3. The fourth-order valence-corrected chi connectivity index (χ4v) is 3.71. The first-order valence-electron chi connectivity index (χ1n) is 6.08. The molecular weight excluding hydrogens is 364 g/mol. The van der Waals surface area contributed by atoms with Gasteiger partial charge in [-0.25, -0.2) is 8.42 Å². The minimum atomic E-state index is -3.48. The third-order valence-corrected chi connectivity index (χ3v) is 4.63. The summed E-state index contributed by atoms with van der Waals surface area (Å²) in [5.41, 5.74) is 0. The molecule has 0 fully saturated rings. The summed E-state index contributed by atoms with van der Waals surface area (Å²) >= 11 is 3.43. The smallest absolute Gasteiger partial charge is 0.232 e. The van der Waals surface area contributed by atoms with E-state index < -0.39 is 9.05 Å². The van der Waals surface area contributed by atoms with E-state index >= 15 is 0 Å². The summed E-state index contributed by atoms with van der Waals surface area (Å²) in [5, 5.41) is 2.19. The molecule has 2 rings (SSSR count). The zero-order chi connectivity index (χ0) is 14.8. The quantitative estimate of drug-likeness (QED) is 0.734. The third-order valence-electron chi connectivity index (χ3n) is 2.79. The summed E-state index contributed by atoms with van der Waals surface area (Å²) in [5.74, 6) is 0.478. The average Bonchev–Trinajstić information content (AvgIpc) is 2.34. The fourth-order valence-electron chi connectivity index (χ4n) is 1.91. The molecule has 0 heterocycles. The Bertz CT molecular complexity index is 715. The Kier molecular flexibility index (Phi) is 4.94. The molecule has 2 aromatic carbocycles. The van der Waals surface area contributed by atoms with Crippen molar-refractivity contribution in [2.75, 3.05) is 12.4 Å². The van der Waals surface area contributed by atoms with Crippen molar-refractivity contribution >= 4 is 46.4 Å². The predicted octanol–water partition coefficient (Wildman–Crippen LogP) is 4.19. The molecule has 0 spiro atoms. The van der Waals surface area contributed by atoms with Crippen molar-refractivity contribution in [3.8, 4) is 5.75 Å². The highest BCUT2D eigenvalue weighted by Gasteiger charge is 2.13. The number of ether oxygens (including phenoxy) is 1. The number of rotatable bonds is 5. The average molecular weight is 378 g/mol. The van der Waals surface area contributed by atoms with Gasteiger partial charge in [0.2, 0.25) is 9.05 Å². The number of benzene rings is 2. The molecule has 1 unspecified atom stereocenters. The van der Waals surface area contributed by atoms with E-state index in [1.165, 1.54) is 0 Å². The molecule has 6 heteroatoms. The summed E-state index contributed by atoms with van der Waals surface area (Å²) in [6.45, 7) is 2.10. The molecule has 108 valence electrons. The zero-order valence-electron chi connectivity index (χ0n) is 10.8. The molecule has 20 heavy (non-hydrogen) atoms. The third kappa shape index (κ3) is 4.65. The minimum absolute atomic E-state index is 0.0882. The number of hydrogen-bond acceptors (Lipinski definition) is 3. The monoisotopic (exact) mass is 376 g/mol. The van der Waals surface area contributed by atoms with Gasteiger partial charge in [-0.1, -0.05) is 35.0 Å². The van der Waals surface area contributed by atoms with Crippen molar-refractivity contribution in [3.63, 3.8) is 0 Å². The Morgan fingerprint density at radius 3 is 2.55 bits per heavy atom. The van der Waals surface area contributed by atoms with Gasteiger partial charge >= 0.3 is 0 Å². The van der Waals surface area contributed by atoms with Crippen molar-refractivity contribution in [2.45, 2.75) is 6.92 Å². The van der Waals surface area contributed by atoms with Crippen LogP contribution in [-0.4, -0.2) is 20.8 Å². The largest absolute Gasteiger partial charge is 0.493 e. The fraction of sp³-hybridized carbons (Fsp3) is 0.286. The Hall–Kier alpha value is -0.780. The highest BCUT2D eigenvalue weighted by Crippen LogP contribution is 2.24. The normalized spacial score (nSPS) is 13.3. The van der Waals surface area contributed by atoms with Gasteiger partial charge in [-0.15, -0.1) is 0 Å². The first-order chi connectivity index (χ1) is 9.33. The lowest BCUT2D eigenvalue weighted by Gasteiger charge is -2.12. The second-order valence-electron chi connectivity index (χ2n) is 4.77. The van der Waals surface area contributed by atoms with Crippen LogP contribution in [0.25, 0.3) is 10.8 Å². The van der Waals surface area contributed by atoms with Gasteiger partial charge in [-0.05, 0) is 35.0 Å². The van der Waals surface area contributed by atoms with Crippen LogP contribution in [0, 0.1) is 5.92 Å². The minimum Gasteiger partial charge on any atom is -0.493 e. The van der Waals surface area contributed by atoms with Crippen LogP contribution in [-0.2, 0) is 9.05 Å². The molecule has 3 nitrogen and oxygen atoms in total. The lowest BCUT2D eigenvalue weighted by Crippen LogP contribution is -2.16. The summed E-state index contributed by atoms with van der Waals surface area (Å²) in [6, 6.07) is 11.8. The van der Waals surface area contributed by atoms with Gasteiger partial charge in [-0.3, -0.25) is 0 Å². The van der Waals surface area contributed by atoms with E-state index in [2.05, 4.69) is 15.9 Å². The summed E-state index contributed by atoms with van der Waals surface area (Å²) < 4.78 is 28.6. The zero-order valence-corrected chi connectivity index (χ0v) is 14.0. The number of halogens is 2. The first kappa shape index (κ1) is 15.6. The highest BCUT2D eigenvalue weighted by atomic mass is 79.9. The molecule has 0 aliphatic carbocycles. The van der Waals surface area contributed by atoms with E-state index in [1.54, 1.807) is 6.92 Å². The Labute approximate surface area is 131 Å². The van der Waals surface area contributed by atoms with Crippen LogP contribution in [0.5, 0.6) is 5.75 Å². The van der Waals surface area contributed by atoms with Crippen molar-refractivity contribution in [2.24, 2.45) is 5.92 Å². The summed E-state index contributed by atoms with van der Waals surface area (Å²) in [7, 11) is 1.73. The Morgan fingerprint density at radius 2 is 1.85 bits per heavy atom. The number of fused-ring (bicyclic) bond motifs is 1. The van der Waals surface area contributed by atoms with Crippen molar-refractivity contribution in [1.29, 1.82) is 0 Å². The van der Waals surface area contributed by atoms with E-state index in [4.69, 9.17) is 15.4 Å². The maximum absolute atomic E-state index is 11.0. The van der Waals surface area contributed by atoms with Crippen LogP contribution in [0.3, 0.4) is 0 Å². The van der Waals surface area contributed by atoms with E-state index in [0.717, 1.165) is 21.0 Å². The first-order valence-corrected chi connectivity index (χ1v) is 9.35. The molecule has 2 aromatic rings. The molecular formula is C14H14BrClO3S. The van der Waals surface area contributed by atoms with Crippen LogP contribution in [0.15, 0.2) is 40.9 Å². The van der Waals surface area contributed by atoms with Gasteiger partial charge in [0, 0.05) is 21.1 Å². The van der Waals surface area contributed by atoms with Crippen LogP contribution in [0.2, 0.25) is 0 Å². The lowest BCUT2D eigenvalue weighted by molar-refractivity contribution is 0.272. The van der Waals surface area contributed by atoms with E-state index in [9.17, 15) is 8.42 Å². The molecule has 0 bridgehead atoms. The molecule has 0 aliphatic heterocycles. The summed E-state index contributed by atoms with van der Waals surface area (Å²) in [4.78, 5) is 0. The molecule has 0 saturated heterocycles. The van der Waals surface area contributed by atoms with Gasteiger partial charge in [0.15, 0.2) is 0 Å². The van der Waals surface area contributed by atoms with Gasteiger partial charge in [0.1, 0.15) is 5.75 Å². The van der Waals surface area contributed by atoms with E-state index in [-0.39, 0.29) is 11.7 Å². The molecule has 0 saturated carbocycles. The molecule has 0 aromatic heterocycles. The van der Waals surface area contributed by atoms with Gasteiger partial charge in [0.05, 0.1) is 12.4 Å². The van der Waals surface area contributed by atoms with Crippen molar-refractivity contribution < 1.29 is 13.2 Å². The van der Waals surface area contributed by atoms with Gasteiger partial charge in [-0.2, -0.15) is 0 Å². The molecule has 0 N–H and O–H groups in total. The second-order valence-corrected chi connectivity index (χ2v) is 8.51. The van der Waals surface area contributed by atoms with Crippen LogP contribution >= 0.6 is 26.6 Å². The molecule has 1 atom stereocenters. The van der Waals surface area contributed by atoms with Crippen LogP contribution in [0.4, 0.5) is 0 Å². The lowest BCUT2D eigenvalue weighted by atomic mass is 10.1. The Morgan fingerprint density at radius 1 is 1.20 bits per heavy atom. The Balaban J connectivity index is 2.05. The SMILES string of the molecule is CC(COc1ccc2cc(Br)ccc2c1)CS(=O)(=O)Cl. The van der Waals surface area contributed by atoms with Gasteiger partial charge < -0.3 is 4.74 Å². The van der Waals surface area contributed by atoms with E-state index in [1.807, 2.05) is 36.4 Å². The highest BCUT2D eigenvalue weighted by molar-refractivity contribution is 9.10. The number of hydrogen-bond donors (Lipinski definition) is 0. The van der Waals surface area contributed by atoms with Crippen LogP contribution < -0.4 is 4.74 Å². The summed E-state index contributed by atoms with van der Waals surface area (Å²) in [6.07, 6.45) is 0. The molecule has 0 amide bonds. The molecule has 0 radical (unpaired) electrons. The van der Waals surface area contributed by atoms with Gasteiger partial charge in [0.25, 0.3) is 0 Å². The van der Waals surface area contributed by atoms with Crippen molar-refractivity contribution in [3.05, 3.63) is 40.9 Å². The molecule has 0 aliphatic rings. The van der Waals surface area contributed by atoms with Crippen molar-refractivity contribution in [1.82, 2.24) is 0 Å². The topological polar surface area (TPSA) is 43.4 Å². The maximum Gasteiger partial charge on any atom is 0.232 e.